The number of ether oxygens (including phenoxy) is 3. The molecule has 2 heterocycles. The molecule has 8 heteroatoms. The van der Waals surface area contributed by atoms with E-state index in [1.54, 1.807) is 11.8 Å². The van der Waals surface area contributed by atoms with Crippen molar-refractivity contribution in [2.45, 2.75) is 53.5 Å². The molecule has 1 aromatic rings. The summed E-state index contributed by atoms with van der Waals surface area (Å²) in [5.74, 6) is 1.61. The van der Waals surface area contributed by atoms with Crippen molar-refractivity contribution >= 4 is 28.8 Å². The Morgan fingerprint density at radius 1 is 1.25 bits per heavy atom. The highest BCUT2D eigenvalue weighted by atomic mass is 32.2. The summed E-state index contributed by atoms with van der Waals surface area (Å²) in [7, 11) is 0. The lowest BCUT2D eigenvalue weighted by molar-refractivity contribution is -0.141. The number of aliphatic imine (C=N–C) groups is 1. The van der Waals surface area contributed by atoms with Crippen LogP contribution in [0, 0.1) is 5.92 Å². The van der Waals surface area contributed by atoms with E-state index in [2.05, 4.69) is 4.99 Å². The summed E-state index contributed by atoms with van der Waals surface area (Å²) >= 11 is 1.53. The third kappa shape index (κ3) is 5.28. The molecular formula is C24H32N2O5S. The van der Waals surface area contributed by atoms with E-state index in [-0.39, 0.29) is 11.8 Å². The highest BCUT2D eigenvalue weighted by Gasteiger charge is 2.42. The minimum Gasteiger partial charge on any atom is -0.490 e. The average Bonchev–Trinajstić information content (AvgIpc) is 2.76. The second-order valence-electron chi connectivity index (χ2n) is 8.14. The lowest BCUT2D eigenvalue weighted by Crippen LogP contribution is -2.45. The third-order valence-electron chi connectivity index (χ3n) is 5.02. The first-order valence-corrected chi connectivity index (χ1v) is 12.2. The molecule has 3 rings (SSSR count). The fraction of sp³-hybridized carbons (Fsp3) is 0.542. The SMILES string of the molecule is CCCOc1ccc([C@H]2C(C(=O)OCC(C)C)=C(C)N=C3SCCC(=O)N32)cc1OCC. The highest BCUT2D eigenvalue weighted by Crippen LogP contribution is 2.42. The van der Waals surface area contributed by atoms with Crippen molar-refractivity contribution in [2.24, 2.45) is 10.9 Å². The number of carbonyl (C=O) groups excluding carboxylic acids is 2. The summed E-state index contributed by atoms with van der Waals surface area (Å²) in [4.78, 5) is 32.3. The minimum absolute atomic E-state index is 0.0570. The van der Waals surface area contributed by atoms with Crippen molar-refractivity contribution < 1.29 is 23.8 Å². The van der Waals surface area contributed by atoms with Gasteiger partial charge >= 0.3 is 5.97 Å². The molecular weight excluding hydrogens is 428 g/mol. The fourth-order valence-corrected chi connectivity index (χ4v) is 4.59. The third-order valence-corrected chi connectivity index (χ3v) is 5.97. The van der Waals surface area contributed by atoms with Gasteiger partial charge in [0.15, 0.2) is 16.7 Å². The summed E-state index contributed by atoms with van der Waals surface area (Å²) < 4.78 is 17.2. The molecule has 7 nitrogen and oxygen atoms in total. The van der Waals surface area contributed by atoms with Gasteiger partial charge in [-0.2, -0.15) is 0 Å². The Bertz CT molecular complexity index is 925. The number of carbonyl (C=O) groups is 2. The lowest BCUT2D eigenvalue weighted by Gasteiger charge is -2.39. The molecule has 0 radical (unpaired) electrons. The molecule has 0 bridgehead atoms. The fourth-order valence-electron chi connectivity index (χ4n) is 3.59. The standard InChI is InChI=1S/C24H32N2O5S/c1-6-11-30-18-9-8-17(13-19(18)29-7-2)22-21(23(28)31-14-15(3)4)16(5)25-24-26(22)20(27)10-12-32-24/h8-9,13,15,22H,6-7,10-12,14H2,1-5H3/t22-/m0/s1. The first-order chi connectivity index (χ1) is 15.4. The van der Waals surface area contributed by atoms with E-state index >= 15 is 0 Å². The monoisotopic (exact) mass is 460 g/mol. The Labute approximate surface area is 194 Å². The van der Waals surface area contributed by atoms with Crippen molar-refractivity contribution in [1.82, 2.24) is 4.90 Å². The number of esters is 1. The normalized spacial score (nSPS) is 18.4. The van der Waals surface area contributed by atoms with Gasteiger partial charge in [0.2, 0.25) is 5.91 Å². The van der Waals surface area contributed by atoms with Crippen molar-refractivity contribution in [3.63, 3.8) is 0 Å². The van der Waals surface area contributed by atoms with Crippen molar-refractivity contribution in [3.05, 3.63) is 35.0 Å². The predicted molar refractivity (Wildman–Crippen MR) is 126 cm³/mol. The summed E-state index contributed by atoms with van der Waals surface area (Å²) in [6.45, 7) is 11.1. The van der Waals surface area contributed by atoms with Gasteiger partial charge in [0.1, 0.15) is 0 Å². The van der Waals surface area contributed by atoms with Gasteiger partial charge in [-0.15, -0.1) is 0 Å². The Morgan fingerprint density at radius 2 is 2.03 bits per heavy atom. The number of amides is 1. The second-order valence-corrected chi connectivity index (χ2v) is 9.20. The molecule has 0 N–H and O–H groups in total. The highest BCUT2D eigenvalue weighted by molar-refractivity contribution is 8.14. The maximum absolute atomic E-state index is 13.1. The molecule has 0 saturated carbocycles. The number of amidine groups is 1. The minimum atomic E-state index is -0.623. The van der Waals surface area contributed by atoms with E-state index in [1.807, 2.05) is 45.9 Å². The number of thioether (sulfide) groups is 1. The van der Waals surface area contributed by atoms with E-state index in [9.17, 15) is 9.59 Å². The zero-order chi connectivity index (χ0) is 23.3. The van der Waals surface area contributed by atoms with Gasteiger partial charge in [-0.05, 0) is 43.9 Å². The molecule has 2 aliphatic rings. The van der Waals surface area contributed by atoms with Crippen LogP contribution in [-0.4, -0.2) is 47.5 Å². The van der Waals surface area contributed by atoms with Crippen LogP contribution in [0.15, 0.2) is 34.5 Å². The van der Waals surface area contributed by atoms with E-state index in [0.29, 0.717) is 59.9 Å². The quantitative estimate of drug-likeness (QED) is 0.496. The number of nitrogens with zero attached hydrogens (tertiary/aromatic N) is 2. The summed E-state index contributed by atoms with van der Waals surface area (Å²) in [6, 6.07) is 4.96. The lowest BCUT2D eigenvalue weighted by atomic mass is 9.93. The Balaban J connectivity index is 2.08. The largest absolute Gasteiger partial charge is 0.490 e. The van der Waals surface area contributed by atoms with Crippen molar-refractivity contribution in [3.8, 4) is 11.5 Å². The van der Waals surface area contributed by atoms with E-state index < -0.39 is 12.0 Å². The van der Waals surface area contributed by atoms with Crippen LogP contribution >= 0.6 is 11.8 Å². The van der Waals surface area contributed by atoms with Gasteiger partial charge in [0.25, 0.3) is 0 Å². The molecule has 1 aromatic carbocycles. The zero-order valence-corrected chi connectivity index (χ0v) is 20.3. The Hall–Kier alpha value is -2.48. The molecule has 1 saturated heterocycles. The number of fused-ring (bicyclic) bond motifs is 1. The van der Waals surface area contributed by atoms with Gasteiger partial charge in [-0.3, -0.25) is 9.69 Å². The van der Waals surface area contributed by atoms with Crippen LogP contribution in [0.1, 0.15) is 59.1 Å². The number of rotatable bonds is 9. The van der Waals surface area contributed by atoms with Crippen LogP contribution < -0.4 is 9.47 Å². The molecule has 0 aliphatic carbocycles. The number of benzene rings is 1. The Kier molecular flexibility index (Phi) is 8.23. The topological polar surface area (TPSA) is 77.4 Å². The molecule has 1 atom stereocenters. The summed E-state index contributed by atoms with van der Waals surface area (Å²) in [6.07, 6.45) is 1.27. The van der Waals surface area contributed by atoms with Crippen molar-refractivity contribution in [1.29, 1.82) is 0 Å². The van der Waals surface area contributed by atoms with Gasteiger partial charge in [-0.1, -0.05) is 38.6 Å². The van der Waals surface area contributed by atoms with Crippen molar-refractivity contribution in [2.75, 3.05) is 25.6 Å². The maximum Gasteiger partial charge on any atom is 0.338 e. The number of allylic oxidation sites excluding steroid dienone is 1. The number of hydrogen-bond donors (Lipinski definition) is 0. The first kappa shape index (κ1) is 24.2. The van der Waals surface area contributed by atoms with Crippen LogP contribution in [0.2, 0.25) is 0 Å². The van der Waals surface area contributed by atoms with Gasteiger partial charge in [0.05, 0.1) is 37.1 Å². The first-order valence-electron chi connectivity index (χ1n) is 11.2. The van der Waals surface area contributed by atoms with Crippen LogP contribution in [-0.2, 0) is 14.3 Å². The summed E-state index contributed by atoms with van der Waals surface area (Å²) in [5, 5.41) is 0.619. The molecule has 0 aromatic heterocycles. The molecule has 1 amide bonds. The second kappa shape index (κ2) is 10.9. The van der Waals surface area contributed by atoms with Gasteiger partial charge in [-0.25, -0.2) is 9.79 Å². The molecule has 1 fully saturated rings. The van der Waals surface area contributed by atoms with Gasteiger partial charge in [0, 0.05) is 12.2 Å². The van der Waals surface area contributed by atoms with Gasteiger partial charge < -0.3 is 14.2 Å². The molecule has 0 unspecified atom stereocenters. The molecule has 0 spiro atoms. The summed E-state index contributed by atoms with van der Waals surface area (Å²) in [5.41, 5.74) is 1.72. The number of hydrogen-bond acceptors (Lipinski definition) is 7. The zero-order valence-electron chi connectivity index (χ0n) is 19.5. The van der Waals surface area contributed by atoms with Crippen LogP contribution in [0.3, 0.4) is 0 Å². The maximum atomic E-state index is 13.1. The molecule has 174 valence electrons. The smallest absolute Gasteiger partial charge is 0.338 e. The van der Waals surface area contributed by atoms with Crippen LogP contribution in [0.5, 0.6) is 11.5 Å². The van der Waals surface area contributed by atoms with E-state index in [1.165, 1.54) is 11.8 Å². The Morgan fingerprint density at radius 3 is 2.72 bits per heavy atom. The van der Waals surface area contributed by atoms with Crippen LogP contribution in [0.4, 0.5) is 0 Å². The van der Waals surface area contributed by atoms with E-state index in [0.717, 1.165) is 12.0 Å². The average molecular weight is 461 g/mol. The van der Waals surface area contributed by atoms with E-state index in [4.69, 9.17) is 14.2 Å². The molecule has 32 heavy (non-hydrogen) atoms. The molecule has 2 aliphatic heterocycles. The van der Waals surface area contributed by atoms with Crippen LogP contribution in [0.25, 0.3) is 0 Å². The predicted octanol–water partition coefficient (Wildman–Crippen LogP) is 4.72.